The van der Waals surface area contributed by atoms with Gasteiger partial charge in [-0.3, -0.25) is 4.72 Å². The molecule has 3 aromatic rings. The summed E-state index contributed by atoms with van der Waals surface area (Å²) in [7, 11) is -2.13. The first kappa shape index (κ1) is 17.0. The van der Waals surface area contributed by atoms with Crippen LogP contribution in [0.1, 0.15) is 11.7 Å². The second kappa shape index (κ2) is 6.60. The van der Waals surface area contributed by atoms with Gasteiger partial charge in [0.2, 0.25) is 0 Å². The van der Waals surface area contributed by atoms with Crippen LogP contribution in [0.2, 0.25) is 0 Å². The van der Waals surface area contributed by atoms with E-state index in [9.17, 15) is 8.42 Å². The summed E-state index contributed by atoms with van der Waals surface area (Å²) in [5.74, 6) is 1.92. The zero-order valence-electron chi connectivity index (χ0n) is 14.1. The number of hydrogen-bond donors (Lipinski definition) is 1. The Labute approximate surface area is 146 Å². The number of nitrogens with one attached hydrogen (secondary N) is 1. The minimum absolute atomic E-state index is 0.167. The van der Waals surface area contributed by atoms with Crippen molar-refractivity contribution in [3.05, 3.63) is 60.2 Å². The number of rotatable bonds is 5. The van der Waals surface area contributed by atoms with Gasteiger partial charge in [0.1, 0.15) is 17.2 Å². The highest BCUT2D eigenvalue weighted by Gasteiger charge is 2.15. The van der Waals surface area contributed by atoms with Gasteiger partial charge < -0.3 is 9.15 Å². The molecular formula is C18H18N2O4S. The van der Waals surface area contributed by atoms with Crippen LogP contribution in [0.25, 0.3) is 11.3 Å². The Kier molecular flexibility index (Phi) is 4.50. The monoisotopic (exact) mass is 358 g/mol. The van der Waals surface area contributed by atoms with Crippen LogP contribution in [0.4, 0.5) is 5.69 Å². The molecule has 0 aliphatic heterocycles. The Morgan fingerprint density at radius 1 is 1.00 bits per heavy atom. The second-order valence-corrected chi connectivity index (χ2v) is 7.18. The molecule has 25 heavy (non-hydrogen) atoms. The van der Waals surface area contributed by atoms with Gasteiger partial charge in [-0.25, -0.2) is 13.4 Å². The first-order valence-electron chi connectivity index (χ1n) is 7.60. The molecule has 0 saturated heterocycles. The fraction of sp³-hybridized carbons (Fsp3) is 0.167. The van der Waals surface area contributed by atoms with E-state index < -0.39 is 10.0 Å². The van der Waals surface area contributed by atoms with Crippen LogP contribution in [0.15, 0.2) is 57.8 Å². The van der Waals surface area contributed by atoms with Gasteiger partial charge >= 0.3 is 0 Å². The Morgan fingerprint density at radius 3 is 2.16 bits per heavy atom. The van der Waals surface area contributed by atoms with Gasteiger partial charge in [0, 0.05) is 18.2 Å². The maximum atomic E-state index is 12.4. The maximum Gasteiger partial charge on any atom is 0.261 e. The highest BCUT2D eigenvalue weighted by molar-refractivity contribution is 7.92. The van der Waals surface area contributed by atoms with E-state index in [1.165, 1.54) is 19.2 Å². The standard InChI is InChI=1S/C18H18N2O4S/c1-12-18(19-13(2)24-12)14-4-6-15(7-5-14)20-25(21,22)17-10-8-16(23-3)9-11-17/h4-11,20H,1-3H3. The van der Waals surface area contributed by atoms with Crippen molar-refractivity contribution < 1.29 is 17.6 Å². The summed E-state index contributed by atoms with van der Waals surface area (Å²) in [5.41, 5.74) is 2.08. The van der Waals surface area contributed by atoms with Gasteiger partial charge in [-0.1, -0.05) is 12.1 Å². The van der Waals surface area contributed by atoms with E-state index in [0.717, 1.165) is 17.0 Å². The zero-order valence-corrected chi connectivity index (χ0v) is 14.9. The summed E-state index contributed by atoms with van der Waals surface area (Å²) in [6.07, 6.45) is 0. The van der Waals surface area contributed by atoms with E-state index >= 15 is 0 Å². The largest absolute Gasteiger partial charge is 0.497 e. The average molecular weight is 358 g/mol. The van der Waals surface area contributed by atoms with Crippen molar-refractivity contribution in [2.24, 2.45) is 0 Å². The van der Waals surface area contributed by atoms with Crippen molar-refractivity contribution in [2.75, 3.05) is 11.8 Å². The maximum absolute atomic E-state index is 12.4. The topological polar surface area (TPSA) is 81.4 Å². The third kappa shape index (κ3) is 3.66. The smallest absolute Gasteiger partial charge is 0.261 e. The van der Waals surface area contributed by atoms with Crippen LogP contribution in [-0.4, -0.2) is 20.5 Å². The molecule has 7 heteroatoms. The molecule has 130 valence electrons. The minimum Gasteiger partial charge on any atom is -0.497 e. The molecule has 1 N–H and O–H groups in total. The molecule has 3 rings (SSSR count). The van der Waals surface area contributed by atoms with Gasteiger partial charge in [-0.15, -0.1) is 0 Å². The molecular weight excluding hydrogens is 340 g/mol. The SMILES string of the molecule is COc1ccc(S(=O)(=O)Nc2ccc(-c3nc(C)oc3C)cc2)cc1. The van der Waals surface area contributed by atoms with E-state index in [2.05, 4.69) is 9.71 Å². The summed E-state index contributed by atoms with van der Waals surface area (Å²) in [6, 6.07) is 13.2. The summed E-state index contributed by atoms with van der Waals surface area (Å²) in [4.78, 5) is 4.50. The Bertz CT molecular complexity index is 975. The Morgan fingerprint density at radius 2 is 1.64 bits per heavy atom. The van der Waals surface area contributed by atoms with Crippen LogP contribution < -0.4 is 9.46 Å². The summed E-state index contributed by atoms with van der Waals surface area (Å²) >= 11 is 0. The molecule has 0 saturated carbocycles. The first-order valence-corrected chi connectivity index (χ1v) is 9.09. The van der Waals surface area contributed by atoms with E-state index in [4.69, 9.17) is 9.15 Å². The Hall–Kier alpha value is -2.80. The van der Waals surface area contributed by atoms with Crippen LogP contribution in [-0.2, 0) is 10.0 Å². The minimum atomic E-state index is -3.66. The highest BCUT2D eigenvalue weighted by atomic mass is 32.2. The lowest BCUT2D eigenvalue weighted by atomic mass is 10.1. The second-order valence-electron chi connectivity index (χ2n) is 5.50. The molecule has 1 aromatic heterocycles. The molecule has 0 spiro atoms. The van der Waals surface area contributed by atoms with Crippen molar-refractivity contribution in [2.45, 2.75) is 18.7 Å². The van der Waals surface area contributed by atoms with Crippen molar-refractivity contribution in [1.82, 2.24) is 4.98 Å². The van der Waals surface area contributed by atoms with E-state index in [-0.39, 0.29) is 4.90 Å². The number of methoxy groups -OCH3 is 1. The first-order chi connectivity index (χ1) is 11.9. The van der Waals surface area contributed by atoms with Gasteiger partial charge in [-0.2, -0.15) is 0 Å². The lowest BCUT2D eigenvalue weighted by Gasteiger charge is -2.09. The molecule has 0 radical (unpaired) electrons. The van der Waals surface area contributed by atoms with Gasteiger partial charge in [0.25, 0.3) is 10.0 Å². The predicted molar refractivity (Wildman–Crippen MR) is 95.2 cm³/mol. The number of aromatic nitrogens is 1. The number of hydrogen-bond acceptors (Lipinski definition) is 5. The molecule has 0 atom stereocenters. The lowest BCUT2D eigenvalue weighted by molar-refractivity contribution is 0.414. The molecule has 0 aliphatic rings. The third-order valence-corrected chi connectivity index (χ3v) is 5.08. The summed E-state index contributed by atoms with van der Waals surface area (Å²) < 4.78 is 37.9. The molecule has 0 bridgehead atoms. The lowest BCUT2D eigenvalue weighted by Crippen LogP contribution is -2.12. The predicted octanol–water partition coefficient (Wildman–Crippen LogP) is 3.77. The van der Waals surface area contributed by atoms with E-state index in [0.29, 0.717) is 17.3 Å². The fourth-order valence-electron chi connectivity index (χ4n) is 2.46. The molecule has 0 amide bonds. The summed E-state index contributed by atoms with van der Waals surface area (Å²) in [6.45, 7) is 3.63. The number of oxazole rings is 1. The number of ether oxygens (including phenoxy) is 1. The van der Waals surface area contributed by atoms with Crippen molar-refractivity contribution in [1.29, 1.82) is 0 Å². The molecule has 0 aliphatic carbocycles. The van der Waals surface area contributed by atoms with Crippen LogP contribution >= 0.6 is 0 Å². The number of sulfonamides is 1. The molecule has 6 nitrogen and oxygen atoms in total. The Balaban J connectivity index is 1.81. The van der Waals surface area contributed by atoms with Crippen molar-refractivity contribution in [3.8, 4) is 17.0 Å². The third-order valence-electron chi connectivity index (χ3n) is 3.68. The quantitative estimate of drug-likeness (QED) is 0.751. The molecule has 0 fully saturated rings. The molecule has 2 aromatic carbocycles. The molecule has 1 heterocycles. The zero-order chi connectivity index (χ0) is 18.0. The number of nitrogens with zero attached hydrogens (tertiary/aromatic N) is 1. The molecule has 0 unspecified atom stereocenters. The van der Waals surface area contributed by atoms with Crippen LogP contribution in [0.3, 0.4) is 0 Å². The van der Waals surface area contributed by atoms with Gasteiger partial charge in [0.05, 0.1) is 12.0 Å². The number of anilines is 1. The fourth-order valence-corrected chi connectivity index (χ4v) is 3.52. The van der Waals surface area contributed by atoms with E-state index in [1.807, 2.05) is 6.92 Å². The number of aryl methyl sites for hydroxylation is 2. The van der Waals surface area contributed by atoms with Crippen molar-refractivity contribution in [3.63, 3.8) is 0 Å². The number of benzene rings is 2. The average Bonchev–Trinajstić information content (AvgIpc) is 2.93. The van der Waals surface area contributed by atoms with Gasteiger partial charge in [0.15, 0.2) is 5.89 Å². The highest BCUT2D eigenvalue weighted by Crippen LogP contribution is 2.25. The van der Waals surface area contributed by atoms with Gasteiger partial charge in [-0.05, 0) is 43.3 Å². The van der Waals surface area contributed by atoms with Crippen LogP contribution in [0.5, 0.6) is 5.75 Å². The van der Waals surface area contributed by atoms with E-state index in [1.54, 1.807) is 43.3 Å². The normalized spacial score (nSPS) is 11.3. The van der Waals surface area contributed by atoms with Crippen LogP contribution in [0, 0.1) is 13.8 Å². The van der Waals surface area contributed by atoms with Crippen molar-refractivity contribution >= 4 is 15.7 Å². The summed E-state index contributed by atoms with van der Waals surface area (Å²) in [5, 5.41) is 0.